The number of carbonyl (C=O) groups is 1. The number of anilines is 1. The number of rotatable bonds is 7. The highest BCUT2D eigenvalue weighted by molar-refractivity contribution is 6.10. The van der Waals surface area contributed by atoms with Crippen LogP contribution in [-0.2, 0) is 4.74 Å². The van der Waals surface area contributed by atoms with Crippen LogP contribution in [0.25, 0.3) is 0 Å². The summed E-state index contributed by atoms with van der Waals surface area (Å²) in [5, 5.41) is 5.45. The SMILES string of the molecule is COc1cc(OC)cc(C(=O)NC(=NCCN2CCOCC2)Nc2cc(F)cc(F)c2)c1. The van der Waals surface area contributed by atoms with Crippen molar-refractivity contribution in [2.24, 2.45) is 4.99 Å². The third-order valence-electron chi connectivity index (χ3n) is 4.76. The smallest absolute Gasteiger partial charge is 0.258 e. The number of methoxy groups -OCH3 is 2. The van der Waals surface area contributed by atoms with Crippen molar-refractivity contribution in [1.29, 1.82) is 0 Å². The number of halogens is 2. The van der Waals surface area contributed by atoms with Gasteiger partial charge in [0.05, 0.1) is 34.0 Å². The Morgan fingerprint density at radius 2 is 1.66 bits per heavy atom. The summed E-state index contributed by atoms with van der Waals surface area (Å²) in [6.45, 7) is 3.92. The standard InChI is InChI=1S/C22H26F2N4O4/c1-30-19-9-15(10-20(14-19)31-2)21(29)27-22(25-3-4-28-5-7-32-8-6-28)26-18-12-16(23)11-17(24)13-18/h9-14H,3-8H2,1-2H3,(H2,25,26,27,29). The summed E-state index contributed by atoms with van der Waals surface area (Å²) >= 11 is 0. The third kappa shape index (κ3) is 6.89. The van der Waals surface area contributed by atoms with E-state index in [1.165, 1.54) is 14.2 Å². The van der Waals surface area contributed by atoms with Crippen molar-refractivity contribution >= 4 is 17.6 Å². The van der Waals surface area contributed by atoms with Crippen molar-refractivity contribution < 1.29 is 27.8 Å². The van der Waals surface area contributed by atoms with Crippen molar-refractivity contribution in [1.82, 2.24) is 10.2 Å². The number of amides is 1. The van der Waals surface area contributed by atoms with Gasteiger partial charge < -0.3 is 19.5 Å². The van der Waals surface area contributed by atoms with E-state index in [9.17, 15) is 13.6 Å². The van der Waals surface area contributed by atoms with Gasteiger partial charge in [-0.2, -0.15) is 0 Å². The molecule has 172 valence electrons. The number of benzene rings is 2. The highest BCUT2D eigenvalue weighted by Crippen LogP contribution is 2.22. The molecule has 0 bridgehead atoms. The first-order valence-electron chi connectivity index (χ1n) is 10.1. The van der Waals surface area contributed by atoms with Crippen molar-refractivity contribution in [2.45, 2.75) is 0 Å². The van der Waals surface area contributed by atoms with Gasteiger partial charge in [0.15, 0.2) is 0 Å². The van der Waals surface area contributed by atoms with E-state index in [0.29, 0.717) is 37.8 Å². The first kappa shape index (κ1) is 23.4. The van der Waals surface area contributed by atoms with Crippen molar-refractivity contribution in [3.8, 4) is 11.5 Å². The summed E-state index contributed by atoms with van der Waals surface area (Å²) in [6.07, 6.45) is 0. The lowest BCUT2D eigenvalue weighted by Gasteiger charge is -2.25. The molecular weight excluding hydrogens is 422 g/mol. The summed E-state index contributed by atoms with van der Waals surface area (Å²) < 4.78 is 43.0. The quantitative estimate of drug-likeness (QED) is 0.500. The molecule has 1 saturated heterocycles. The number of aliphatic imine (C=N–C) groups is 1. The number of hydrogen-bond donors (Lipinski definition) is 2. The van der Waals surface area contributed by atoms with Crippen LogP contribution in [0.5, 0.6) is 11.5 Å². The lowest BCUT2D eigenvalue weighted by molar-refractivity contribution is 0.0394. The minimum Gasteiger partial charge on any atom is -0.497 e. The van der Waals surface area contributed by atoms with Gasteiger partial charge >= 0.3 is 0 Å². The average molecular weight is 448 g/mol. The lowest BCUT2D eigenvalue weighted by Crippen LogP contribution is -2.39. The minimum absolute atomic E-state index is 0.0649. The van der Waals surface area contributed by atoms with E-state index in [1.54, 1.807) is 18.2 Å². The van der Waals surface area contributed by atoms with Crippen LogP contribution in [-0.4, -0.2) is 70.4 Å². The van der Waals surface area contributed by atoms with Crippen molar-refractivity contribution in [3.05, 3.63) is 53.6 Å². The van der Waals surface area contributed by atoms with E-state index in [4.69, 9.17) is 14.2 Å². The average Bonchev–Trinajstić information content (AvgIpc) is 2.78. The van der Waals surface area contributed by atoms with Crippen LogP contribution in [0.15, 0.2) is 41.4 Å². The Morgan fingerprint density at radius 3 is 2.25 bits per heavy atom. The van der Waals surface area contributed by atoms with Crippen LogP contribution in [0.1, 0.15) is 10.4 Å². The molecule has 0 saturated carbocycles. The molecule has 8 nitrogen and oxygen atoms in total. The number of carbonyl (C=O) groups excluding carboxylic acids is 1. The maximum Gasteiger partial charge on any atom is 0.258 e. The molecule has 0 spiro atoms. The molecule has 2 aromatic rings. The van der Waals surface area contributed by atoms with Crippen LogP contribution in [0, 0.1) is 11.6 Å². The van der Waals surface area contributed by atoms with Crippen LogP contribution in [0.3, 0.4) is 0 Å². The lowest BCUT2D eigenvalue weighted by atomic mass is 10.2. The second kappa shape index (κ2) is 11.4. The van der Waals surface area contributed by atoms with Crippen molar-refractivity contribution in [3.63, 3.8) is 0 Å². The fourth-order valence-corrected chi connectivity index (χ4v) is 3.12. The predicted octanol–water partition coefficient (Wildman–Crippen LogP) is 2.51. The van der Waals surface area contributed by atoms with Gasteiger partial charge in [0, 0.05) is 43.0 Å². The number of nitrogens with zero attached hydrogens (tertiary/aromatic N) is 2. The van der Waals surface area contributed by atoms with Crippen LogP contribution >= 0.6 is 0 Å². The van der Waals surface area contributed by atoms with E-state index >= 15 is 0 Å². The molecule has 32 heavy (non-hydrogen) atoms. The molecule has 2 N–H and O–H groups in total. The fourth-order valence-electron chi connectivity index (χ4n) is 3.12. The number of guanidine groups is 1. The van der Waals surface area contributed by atoms with Crippen LogP contribution < -0.4 is 20.1 Å². The zero-order valence-electron chi connectivity index (χ0n) is 18.0. The molecule has 1 fully saturated rings. The first-order chi connectivity index (χ1) is 15.5. The largest absolute Gasteiger partial charge is 0.497 e. The van der Waals surface area contributed by atoms with E-state index in [-0.39, 0.29) is 17.2 Å². The Hall–Kier alpha value is -3.24. The molecule has 0 atom stereocenters. The Bertz CT molecular complexity index is 922. The molecule has 10 heteroatoms. The molecule has 0 unspecified atom stereocenters. The molecule has 1 amide bonds. The first-order valence-corrected chi connectivity index (χ1v) is 10.1. The van der Waals surface area contributed by atoms with E-state index in [2.05, 4.69) is 20.5 Å². The second-order valence-corrected chi connectivity index (χ2v) is 7.02. The van der Waals surface area contributed by atoms with Gasteiger partial charge in [0.25, 0.3) is 5.91 Å². The summed E-state index contributed by atoms with van der Waals surface area (Å²) in [4.78, 5) is 19.5. The molecule has 1 aliphatic rings. The van der Waals surface area contributed by atoms with Gasteiger partial charge in [-0.15, -0.1) is 0 Å². The van der Waals surface area contributed by atoms with Crippen molar-refractivity contribution in [2.75, 3.05) is 58.9 Å². The highest BCUT2D eigenvalue weighted by Gasteiger charge is 2.14. The Labute approximate surface area is 185 Å². The predicted molar refractivity (Wildman–Crippen MR) is 117 cm³/mol. The van der Waals surface area contributed by atoms with E-state index < -0.39 is 17.5 Å². The summed E-state index contributed by atoms with van der Waals surface area (Å²) in [5.41, 5.74) is 0.394. The van der Waals surface area contributed by atoms with Gasteiger partial charge in [-0.1, -0.05) is 0 Å². The molecule has 0 radical (unpaired) electrons. The summed E-state index contributed by atoms with van der Waals surface area (Å²) in [5.74, 6) is -1.03. The summed E-state index contributed by atoms with van der Waals surface area (Å²) in [7, 11) is 2.96. The monoisotopic (exact) mass is 448 g/mol. The zero-order chi connectivity index (χ0) is 22.9. The summed E-state index contributed by atoms with van der Waals surface area (Å²) in [6, 6.07) is 7.72. The molecular formula is C22H26F2N4O4. The molecule has 3 rings (SSSR count). The topological polar surface area (TPSA) is 84.4 Å². The molecule has 1 aliphatic heterocycles. The second-order valence-electron chi connectivity index (χ2n) is 7.02. The molecule has 0 aliphatic carbocycles. The van der Waals surface area contributed by atoms with E-state index in [1.807, 2.05) is 0 Å². The van der Waals surface area contributed by atoms with Gasteiger partial charge in [0.1, 0.15) is 23.1 Å². The molecule has 2 aromatic carbocycles. The third-order valence-corrected chi connectivity index (χ3v) is 4.76. The maximum atomic E-state index is 13.6. The number of hydrogen-bond acceptors (Lipinski definition) is 6. The van der Waals surface area contributed by atoms with Gasteiger partial charge in [-0.3, -0.25) is 20.0 Å². The Morgan fingerprint density at radius 1 is 1.03 bits per heavy atom. The normalized spacial score (nSPS) is 14.7. The molecule has 1 heterocycles. The van der Waals surface area contributed by atoms with Gasteiger partial charge in [-0.05, 0) is 24.3 Å². The number of morpholine rings is 1. The van der Waals surface area contributed by atoms with Crippen LogP contribution in [0.2, 0.25) is 0 Å². The van der Waals surface area contributed by atoms with Gasteiger partial charge in [-0.25, -0.2) is 8.78 Å². The fraction of sp³-hybridized carbons (Fsp3) is 0.364. The van der Waals surface area contributed by atoms with Gasteiger partial charge in [0.2, 0.25) is 5.96 Å². The minimum atomic E-state index is -0.746. The van der Waals surface area contributed by atoms with Crippen LogP contribution in [0.4, 0.5) is 14.5 Å². The number of ether oxygens (including phenoxy) is 3. The zero-order valence-corrected chi connectivity index (χ0v) is 18.0. The Kier molecular flexibility index (Phi) is 8.34. The maximum absolute atomic E-state index is 13.6. The van der Waals surface area contributed by atoms with E-state index in [0.717, 1.165) is 31.3 Å². The number of nitrogens with one attached hydrogen (secondary N) is 2. The highest BCUT2D eigenvalue weighted by atomic mass is 19.1. The Balaban J connectivity index is 1.77. The molecule has 0 aromatic heterocycles.